The highest BCUT2D eigenvalue weighted by Crippen LogP contribution is 2.28. The number of halogens is 1. The summed E-state index contributed by atoms with van der Waals surface area (Å²) in [6.45, 7) is 0. The minimum atomic E-state index is -0.207. The highest BCUT2D eigenvalue weighted by Gasteiger charge is 2.11. The number of hydrogen-bond donors (Lipinski definition) is 2. The lowest BCUT2D eigenvalue weighted by molar-refractivity contribution is 0.102. The van der Waals surface area contributed by atoms with E-state index in [-0.39, 0.29) is 5.91 Å². The number of aromatic nitrogens is 2. The Labute approximate surface area is 172 Å². The molecule has 4 aromatic rings. The Kier molecular flexibility index (Phi) is 5.27. The van der Waals surface area contributed by atoms with Crippen LogP contribution in [-0.2, 0) is 0 Å². The van der Waals surface area contributed by atoms with E-state index in [1.165, 1.54) is 6.33 Å². The molecule has 0 bridgehead atoms. The molecule has 0 aliphatic carbocycles. The lowest BCUT2D eigenvalue weighted by atomic mass is 10.0. The van der Waals surface area contributed by atoms with Crippen molar-refractivity contribution in [1.29, 1.82) is 0 Å². The number of carbonyl (C=O) groups is 1. The number of benzene rings is 3. The number of carbonyl (C=O) groups excluding carboxylic acids is 1. The van der Waals surface area contributed by atoms with Gasteiger partial charge in [-0.2, -0.15) is 0 Å². The molecule has 144 valence electrons. The lowest BCUT2D eigenvalue weighted by Crippen LogP contribution is -2.12. The third-order valence-corrected chi connectivity index (χ3v) is 4.53. The Morgan fingerprint density at radius 3 is 2.69 bits per heavy atom. The zero-order valence-electron chi connectivity index (χ0n) is 15.5. The van der Waals surface area contributed by atoms with Crippen LogP contribution in [0.3, 0.4) is 0 Å². The molecule has 0 saturated carbocycles. The zero-order valence-corrected chi connectivity index (χ0v) is 16.3. The van der Waals surface area contributed by atoms with E-state index in [2.05, 4.69) is 20.6 Å². The van der Waals surface area contributed by atoms with Crippen LogP contribution in [0.4, 0.5) is 11.5 Å². The number of anilines is 2. The molecule has 0 spiro atoms. The van der Waals surface area contributed by atoms with E-state index in [1.54, 1.807) is 49.5 Å². The molecule has 0 saturated heterocycles. The maximum Gasteiger partial charge on any atom is 0.256 e. The van der Waals surface area contributed by atoms with Gasteiger partial charge in [-0.15, -0.1) is 0 Å². The number of nitrogens with one attached hydrogen (secondary N) is 2. The fourth-order valence-electron chi connectivity index (χ4n) is 2.94. The van der Waals surface area contributed by atoms with Crippen LogP contribution in [0.5, 0.6) is 11.6 Å². The normalized spacial score (nSPS) is 10.6. The second-order valence-electron chi connectivity index (χ2n) is 6.25. The zero-order chi connectivity index (χ0) is 20.2. The first-order chi connectivity index (χ1) is 14.1. The van der Waals surface area contributed by atoms with Crippen LogP contribution < -0.4 is 15.4 Å². The van der Waals surface area contributed by atoms with Gasteiger partial charge in [0.25, 0.3) is 5.91 Å². The predicted molar refractivity (Wildman–Crippen MR) is 115 cm³/mol. The van der Waals surface area contributed by atoms with Crippen molar-refractivity contribution < 1.29 is 9.53 Å². The topological polar surface area (TPSA) is 76.1 Å². The third-order valence-electron chi connectivity index (χ3n) is 4.30. The standard InChI is InChI=1S/C22H17ClN4O2/c1-24-20-12-21(26-13-25-20)29-17-8-9-18-14(10-17)4-2-7-19(18)22(28)27-16-6-3-5-15(23)11-16/h2-13H,1H3,(H,27,28)(H,24,25,26). The number of amides is 1. The number of fused-ring (bicyclic) bond motifs is 1. The minimum absolute atomic E-state index is 0.207. The average Bonchev–Trinajstić information content (AvgIpc) is 2.73. The van der Waals surface area contributed by atoms with E-state index in [9.17, 15) is 4.79 Å². The number of nitrogens with zero attached hydrogens (tertiary/aromatic N) is 2. The van der Waals surface area contributed by atoms with Crippen molar-refractivity contribution in [2.45, 2.75) is 0 Å². The molecule has 0 aliphatic rings. The smallest absolute Gasteiger partial charge is 0.256 e. The maximum absolute atomic E-state index is 12.8. The fraction of sp³-hybridized carbons (Fsp3) is 0.0455. The molecule has 29 heavy (non-hydrogen) atoms. The quantitative estimate of drug-likeness (QED) is 0.467. The molecule has 3 aromatic carbocycles. The van der Waals surface area contributed by atoms with E-state index in [0.29, 0.717) is 33.7 Å². The number of rotatable bonds is 5. The van der Waals surface area contributed by atoms with Crippen molar-refractivity contribution in [2.75, 3.05) is 17.7 Å². The van der Waals surface area contributed by atoms with Crippen molar-refractivity contribution in [3.8, 4) is 11.6 Å². The van der Waals surface area contributed by atoms with Crippen LogP contribution in [0.2, 0.25) is 5.02 Å². The van der Waals surface area contributed by atoms with Crippen LogP contribution in [-0.4, -0.2) is 22.9 Å². The Morgan fingerprint density at radius 1 is 1.00 bits per heavy atom. The summed E-state index contributed by atoms with van der Waals surface area (Å²) in [6.07, 6.45) is 1.43. The molecular weight excluding hydrogens is 388 g/mol. The van der Waals surface area contributed by atoms with E-state index >= 15 is 0 Å². The second-order valence-corrected chi connectivity index (χ2v) is 6.68. The third kappa shape index (κ3) is 4.28. The molecule has 0 fully saturated rings. The first-order valence-electron chi connectivity index (χ1n) is 8.90. The Balaban J connectivity index is 1.61. The van der Waals surface area contributed by atoms with Crippen molar-refractivity contribution in [3.63, 3.8) is 0 Å². The van der Waals surface area contributed by atoms with E-state index in [0.717, 1.165) is 10.8 Å². The Hall–Kier alpha value is -3.64. The van der Waals surface area contributed by atoms with Crippen molar-refractivity contribution in [2.24, 2.45) is 0 Å². The van der Waals surface area contributed by atoms with Gasteiger partial charge in [-0.1, -0.05) is 29.8 Å². The monoisotopic (exact) mass is 404 g/mol. The number of ether oxygens (including phenoxy) is 1. The molecule has 0 atom stereocenters. The average molecular weight is 405 g/mol. The van der Waals surface area contributed by atoms with Gasteiger partial charge < -0.3 is 15.4 Å². The van der Waals surface area contributed by atoms with E-state index in [1.807, 2.05) is 24.3 Å². The predicted octanol–water partition coefficient (Wildman–Crippen LogP) is 5.37. The molecule has 6 nitrogen and oxygen atoms in total. The first kappa shape index (κ1) is 18.7. The Bertz CT molecular complexity index is 1200. The number of hydrogen-bond acceptors (Lipinski definition) is 5. The van der Waals surface area contributed by atoms with Gasteiger partial charge in [0.1, 0.15) is 17.9 Å². The van der Waals surface area contributed by atoms with Gasteiger partial charge in [-0.3, -0.25) is 4.79 Å². The largest absolute Gasteiger partial charge is 0.439 e. The molecule has 0 unspecified atom stereocenters. The van der Waals surface area contributed by atoms with Gasteiger partial charge in [-0.25, -0.2) is 9.97 Å². The summed E-state index contributed by atoms with van der Waals surface area (Å²) in [5, 5.41) is 8.08. The highest BCUT2D eigenvalue weighted by atomic mass is 35.5. The molecule has 7 heteroatoms. The van der Waals surface area contributed by atoms with Gasteiger partial charge in [-0.05, 0) is 53.2 Å². The maximum atomic E-state index is 12.8. The second kappa shape index (κ2) is 8.16. The van der Waals surface area contributed by atoms with Crippen molar-refractivity contribution in [3.05, 3.63) is 83.6 Å². The van der Waals surface area contributed by atoms with Crippen molar-refractivity contribution >= 4 is 39.8 Å². The summed E-state index contributed by atoms with van der Waals surface area (Å²) in [4.78, 5) is 21.0. The van der Waals surface area contributed by atoms with Gasteiger partial charge in [0.2, 0.25) is 5.88 Å². The molecule has 1 heterocycles. The van der Waals surface area contributed by atoms with Gasteiger partial charge in [0.05, 0.1) is 0 Å². The summed E-state index contributed by atoms with van der Waals surface area (Å²) >= 11 is 5.99. The lowest BCUT2D eigenvalue weighted by Gasteiger charge is -2.10. The molecule has 2 N–H and O–H groups in total. The highest BCUT2D eigenvalue weighted by molar-refractivity contribution is 6.31. The SMILES string of the molecule is CNc1cc(Oc2ccc3c(C(=O)Nc4cccc(Cl)c4)cccc3c2)ncn1. The molecular formula is C22H17ClN4O2. The van der Waals surface area contributed by atoms with Crippen molar-refractivity contribution in [1.82, 2.24) is 9.97 Å². The van der Waals surface area contributed by atoms with Crippen LogP contribution in [0.1, 0.15) is 10.4 Å². The molecule has 4 rings (SSSR count). The fourth-order valence-corrected chi connectivity index (χ4v) is 3.13. The van der Waals surface area contributed by atoms with Crippen LogP contribution in [0.25, 0.3) is 10.8 Å². The van der Waals surface area contributed by atoms with E-state index < -0.39 is 0 Å². The van der Waals surface area contributed by atoms with Crippen LogP contribution in [0.15, 0.2) is 73.1 Å². The summed E-state index contributed by atoms with van der Waals surface area (Å²) in [6, 6.07) is 19.8. The first-order valence-corrected chi connectivity index (χ1v) is 9.27. The summed E-state index contributed by atoms with van der Waals surface area (Å²) in [5.41, 5.74) is 1.21. The molecule has 0 radical (unpaired) electrons. The van der Waals surface area contributed by atoms with Crippen LogP contribution in [0, 0.1) is 0 Å². The molecule has 1 aromatic heterocycles. The van der Waals surface area contributed by atoms with Crippen LogP contribution >= 0.6 is 11.6 Å². The molecule has 1 amide bonds. The van der Waals surface area contributed by atoms with Gasteiger partial charge in [0, 0.05) is 29.4 Å². The molecule has 0 aliphatic heterocycles. The summed E-state index contributed by atoms with van der Waals surface area (Å²) in [5.74, 6) is 1.50. The van der Waals surface area contributed by atoms with Gasteiger partial charge in [0.15, 0.2) is 0 Å². The van der Waals surface area contributed by atoms with Gasteiger partial charge >= 0.3 is 0 Å². The summed E-state index contributed by atoms with van der Waals surface area (Å²) in [7, 11) is 1.78. The summed E-state index contributed by atoms with van der Waals surface area (Å²) < 4.78 is 5.83. The van der Waals surface area contributed by atoms with E-state index in [4.69, 9.17) is 16.3 Å². The minimum Gasteiger partial charge on any atom is -0.439 e. The Morgan fingerprint density at radius 2 is 1.86 bits per heavy atom.